The van der Waals surface area contributed by atoms with Gasteiger partial charge in [-0.05, 0) is 46.2 Å². The van der Waals surface area contributed by atoms with Gasteiger partial charge < -0.3 is 4.57 Å². The molecule has 2 amide bonds. The van der Waals surface area contributed by atoms with Gasteiger partial charge in [-0.1, -0.05) is 48.5 Å². The van der Waals surface area contributed by atoms with Crippen LogP contribution in [0.15, 0.2) is 85.2 Å². The molecule has 28 heavy (non-hydrogen) atoms. The number of hydrogen-bond acceptors (Lipinski definition) is 2. The van der Waals surface area contributed by atoms with Gasteiger partial charge in [0.15, 0.2) is 0 Å². The summed E-state index contributed by atoms with van der Waals surface area (Å²) in [6, 6.07) is 23.3. The molecule has 2 heterocycles. The normalized spacial score (nSPS) is 13.4. The molecule has 0 bridgehead atoms. The molecule has 0 aliphatic carbocycles. The smallest absolute Gasteiger partial charge is 0.261 e. The number of carbonyl (C=O) groups excluding carboxylic acids is 2. The molecule has 5 rings (SSSR count). The van der Waals surface area contributed by atoms with E-state index < -0.39 is 0 Å². The third-order valence-electron chi connectivity index (χ3n) is 5.30. The Balaban J connectivity index is 1.57. The van der Waals surface area contributed by atoms with Crippen LogP contribution in [0.1, 0.15) is 31.8 Å². The highest BCUT2D eigenvalue weighted by atomic mass is 16.2. The maximum atomic E-state index is 12.8. The van der Waals surface area contributed by atoms with Crippen molar-refractivity contribution in [2.75, 3.05) is 0 Å². The Morgan fingerprint density at radius 1 is 0.607 bits per heavy atom. The van der Waals surface area contributed by atoms with E-state index in [4.69, 9.17) is 0 Å². The van der Waals surface area contributed by atoms with Crippen molar-refractivity contribution in [2.24, 2.45) is 0 Å². The van der Waals surface area contributed by atoms with Crippen molar-refractivity contribution in [3.05, 3.63) is 107 Å². The van der Waals surface area contributed by atoms with Crippen molar-refractivity contribution in [1.82, 2.24) is 9.47 Å². The Kier molecular flexibility index (Phi) is 3.83. The van der Waals surface area contributed by atoms with E-state index in [1.165, 1.54) is 10.5 Å². The van der Waals surface area contributed by atoms with Gasteiger partial charge in [0.25, 0.3) is 11.8 Å². The molecule has 0 radical (unpaired) electrons. The number of hydrogen-bond donors (Lipinski definition) is 0. The summed E-state index contributed by atoms with van der Waals surface area (Å²) < 4.78 is 2.12. The van der Waals surface area contributed by atoms with E-state index in [0.29, 0.717) is 11.1 Å². The molecule has 0 saturated carbocycles. The van der Waals surface area contributed by atoms with E-state index in [-0.39, 0.29) is 18.4 Å². The van der Waals surface area contributed by atoms with E-state index in [9.17, 15) is 9.59 Å². The second-order valence-electron chi connectivity index (χ2n) is 7.03. The average molecular weight is 366 g/mol. The maximum Gasteiger partial charge on any atom is 0.261 e. The SMILES string of the molecule is O=C1c2ccccc2C(=O)N1Cc1cccc2cccc(Cn3cccc3)c12. The molecule has 0 unspecified atom stereocenters. The van der Waals surface area contributed by atoms with Crippen molar-refractivity contribution >= 4 is 22.6 Å². The molecule has 0 saturated heterocycles. The fraction of sp³-hybridized carbons (Fsp3) is 0.0833. The Bertz CT molecular complexity index is 1170. The lowest BCUT2D eigenvalue weighted by Gasteiger charge is -2.17. The van der Waals surface area contributed by atoms with E-state index in [2.05, 4.69) is 22.8 Å². The van der Waals surface area contributed by atoms with Gasteiger partial charge in [-0.2, -0.15) is 0 Å². The molecule has 0 N–H and O–H groups in total. The topological polar surface area (TPSA) is 42.3 Å². The van der Waals surface area contributed by atoms with Crippen LogP contribution in [0, 0.1) is 0 Å². The van der Waals surface area contributed by atoms with E-state index in [1.54, 1.807) is 24.3 Å². The van der Waals surface area contributed by atoms with Crippen LogP contribution in [0.5, 0.6) is 0 Å². The summed E-state index contributed by atoms with van der Waals surface area (Å²) in [6.45, 7) is 1.01. The molecule has 0 fully saturated rings. The first-order valence-electron chi connectivity index (χ1n) is 9.28. The molecule has 4 nitrogen and oxygen atoms in total. The minimum absolute atomic E-state index is 0.222. The van der Waals surface area contributed by atoms with Crippen LogP contribution >= 0.6 is 0 Å². The second kappa shape index (κ2) is 6.50. The Labute approximate surface area is 162 Å². The fourth-order valence-corrected chi connectivity index (χ4v) is 3.99. The van der Waals surface area contributed by atoms with E-state index in [0.717, 1.165) is 22.9 Å². The number of imide groups is 1. The van der Waals surface area contributed by atoms with E-state index in [1.807, 2.05) is 42.7 Å². The van der Waals surface area contributed by atoms with Crippen molar-refractivity contribution in [1.29, 1.82) is 0 Å². The van der Waals surface area contributed by atoms with Crippen LogP contribution in [0.25, 0.3) is 10.8 Å². The lowest BCUT2D eigenvalue weighted by atomic mass is 9.98. The number of rotatable bonds is 4. The summed E-state index contributed by atoms with van der Waals surface area (Å²) >= 11 is 0. The Morgan fingerprint density at radius 2 is 1.18 bits per heavy atom. The zero-order valence-corrected chi connectivity index (χ0v) is 15.2. The molecule has 3 aromatic carbocycles. The predicted molar refractivity (Wildman–Crippen MR) is 108 cm³/mol. The van der Waals surface area contributed by atoms with Gasteiger partial charge in [0.1, 0.15) is 0 Å². The second-order valence-corrected chi connectivity index (χ2v) is 7.03. The van der Waals surface area contributed by atoms with Gasteiger partial charge >= 0.3 is 0 Å². The zero-order chi connectivity index (χ0) is 19.1. The quantitative estimate of drug-likeness (QED) is 0.500. The minimum Gasteiger partial charge on any atom is -0.350 e. The number of nitrogens with zero attached hydrogens (tertiary/aromatic N) is 2. The van der Waals surface area contributed by atoms with Crippen LogP contribution in [0.3, 0.4) is 0 Å². The van der Waals surface area contributed by atoms with Gasteiger partial charge in [0, 0.05) is 18.9 Å². The molecule has 1 aliphatic rings. The van der Waals surface area contributed by atoms with Crippen molar-refractivity contribution in [2.45, 2.75) is 13.1 Å². The zero-order valence-electron chi connectivity index (χ0n) is 15.2. The first-order valence-corrected chi connectivity index (χ1v) is 9.28. The van der Waals surface area contributed by atoms with Crippen LogP contribution in [0.2, 0.25) is 0 Å². The highest BCUT2D eigenvalue weighted by Gasteiger charge is 2.35. The van der Waals surface area contributed by atoms with Gasteiger partial charge in [0.2, 0.25) is 0 Å². The highest BCUT2D eigenvalue weighted by Crippen LogP contribution is 2.29. The monoisotopic (exact) mass is 366 g/mol. The summed E-state index contributed by atoms with van der Waals surface area (Å²) in [7, 11) is 0. The van der Waals surface area contributed by atoms with E-state index >= 15 is 0 Å². The molecular formula is C24H18N2O2. The maximum absolute atomic E-state index is 12.8. The van der Waals surface area contributed by atoms with Crippen LogP contribution < -0.4 is 0 Å². The largest absolute Gasteiger partial charge is 0.350 e. The van der Waals surface area contributed by atoms with Crippen molar-refractivity contribution in [3.63, 3.8) is 0 Å². The number of benzene rings is 3. The van der Waals surface area contributed by atoms with Crippen LogP contribution in [-0.4, -0.2) is 21.3 Å². The number of amides is 2. The first kappa shape index (κ1) is 16.5. The molecule has 1 aliphatic heterocycles. The standard InChI is InChI=1S/C24H18N2O2/c27-23-20-11-1-2-12-21(20)24(28)26(23)16-19-10-6-8-17-7-5-9-18(22(17)19)15-25-13-3-4-14-25/h1-14H,15-16H2. The third kappa shape index (κ3) is 2.62. The average Bonchev–Trinajstić information content (AvgIpc) is 3.31. The first-order chi connectivity index (χ1) is 13.7. The molecule has 0 spiro atoms. The number of fused-ring (bicyclic) bond motifs is 2. The molecule has 136 valence electrons. The molecule has 4 aromatic rings. The van der Waals surface area contributed by atoms with Crippen molar-refractivity contribution < 1.29 is 9.59 Å². The summed E-state index contributed by atoms with van der Waals surface area (Å²) in [5, 5.41) is 2.22. The minimum atomic E-state index is -0.222. The Hall–Kier alpha value is -3.66. The molecule has 0 atom stereocenters. The summed E-state index contributed by atoms with van der Waals surface area (Å²) in [5.74, 6) is -0.444. The lowest BCUT2D eigenvalue weighted by molar-refractivity contribution is 0.0643. The fourth-order valence-electron chi connectivity index (χ4n) is 3.99. The predicted octanol–water partition coefficient (Wildman–Crippen LogP) is 4.49. The molecule has 4 heteroatoms. The van der Waals surface area contributed by atoms with Crippen LogP contribution in [-0.2, 0) is 13.1 Å². The third-order valence-corrected chi connectivity index (χ3v) is 5.30. The van der Waals surface area contributed by atoms with Gasteiger partial charge in [-0.15, -0.1) is 0 Å². The highest BCUT2D eigenvalue weighted by molar-refractivity contribution is 6.21. The van der Waals surface area contributed by atoms with Crippen LogP contribution in [0.4, 0.5) is 0 Å². The van der Waals surface area contributed by atoms with Gasteiger partial charge in [-0.25, -0.2) is 0 Å². The lowest BCUT2D eigenvalue weighted by Crippen LogP contribution is -2.29. The number of carbonyl (C=O) groups is 2. The Morgan fingerprint density at radius 3 is 1.79 bits per heavy atom. The summed E-state index contributed by atoms with van der Waals surface area (Å²) in [6.07, 6.45) is 4.07. The van der Waals surface area contributed by atoms with Gasteiger partial charge in [-0.3, -0.25) is 14.5 Å². The van der Waals surface area contributed by atoms with Crippen molar-refractivity contribution in [3.8, 4) is 0 Å². The summed E-state index contributed by atoms with van der Waals surface area (Å²) in [4.78, 5) is 26.9. The number of aromatic nitrogens is 1. The summed E-state index contributed by atoms with van der Waals surface area (Å²) in [5.41, 5.74) is 3.12. The van der Waals surface area contributed by atoms with Gasteiger partial charge in [0.05, 0.1) is 17.7 Å². The molecular weight excluding hydrogens is 348 g/mol. The molecule has 1 aromatic heterocycles.